The van der Waals surface area contributed by atoms with E-state index in [-0.39, 0.29) is 11.5 Å². The van der Waals surface area contributed by atoms with Gasteiger partial charge in [0, 0.05) is 6.04 Å². The van der Waals surface area contributed by atoms with Gasteiger partial charge in [-0.25, -0.2) is 4.79 Å². The van der Waals surface area contributed by atoms with Crippen molar-refractivity contribution < 1.29 is 14.6 Å². The van der Waals surface area contributed by atoms with Gasteiger partial charge in [-0.05, 0) is 72.7 Å². The van der Waals surface area contributed by atoms with E-state index >= 15 is 0 Å². The van der Waals surface area contributed by atoms with Crippen molar-refractivity contribution in [2.24, 2.45) is 40.2 Å². The minimum atomic E-state index is -0.548. The molecule has 0 amide bonds. The largest absolute Gasteiger partial charge is 0.456 e. The maximum absolute atomic E-state index is 11.4. The van der Waals surface area contributed by atoms with Crippen molar-refractivity contribution in [1.29, 1.82) is 0 Å². The van der Waals surface area contributed by atoms with Crippen LogP contribution in [0.3, 0.4) is 0 Å². The highest BCUT2D eigenvalue weighted by molar-refractivity contribution is 5.70. The molecule has 8 atom stereocenters. The van der Waals surface area contributed by atoms with Crippen LogP contribution in [0.5, 0.6) is 0 Å². The lowest BCUT2D eigenvalue weighted by Gasteiger charge is -2.57. The first-order valence-corrected chi connectivity index (χ1v) is 9.82. The molecule has 25 heavy (non-hydrogen) atoms. The highest BCUT2D eigenvalue weighted by atomic mass is 16.6. The zero-order valence-corrected chi connectivity index (χ0v) is 15.4. The number of ether oxygens (including phenoxy) is 1. The van der Waals surface area contributed by atoms with Crippen LogP contribution in [0.25, 0.3) is 0 Å². The number of carbonyl (C=O) groups is 1. The van der Waals surface area contributed by atoms with Crippen molar-refractivity contribution in [3.63, 3.8) is 0 Å². The van der Waals surface area contributed by atoms with Crippen LogP contribution in [0.1, 0.15) is 46.0 Å². The summed E-state index contributed by atoms with van der Waals surface area (Å²) in [5, 5.41) is 8.91. The number of aliphatic hydroxyl groups is 1. The Morgan fingerprint density at radius 3 is 2.76 bits per heavy atom. The second-order valence-electron chi connectivity index (χ2n) is 9.16. The Morgan fingerprint density at radius 1 is 1.20 bits per heavy atom. The predicted molar refractivity (Wildman–Crippen MR) is 96.5 cm³/mol. The third-order valence-corrected chi connectivity index (χ3v) is 8.14. The van der Waals surface area contributed by atoms with Crippen LogP contribution < -0.4 is 5.73 Å². The summed E-state index contributed by atoms with van der Waals surface area (Å²) in [6.45, 7) is 4.25. The lowest BCUT2D eigenvalue weighted by molar-refractivity contribution is -0.151. The van der Waals surface area contributed by atoms with E-state index < -0.39 is 12.6 Å². The third kappa shape index (κ3) is 2.52. The molecule has 0 heterocycles. The van der Waals surface area contributed by atoms with E-state index in [9.17, 15) is 4.79 Å². The third-order valence-electron chi connectivity index (χ3n) is 8.14. The van der Waals surface area contributed by atoms with Crippen molar-refractivity contribution in [1.82, 2.24) is 0 Å². The fourth-order valence-electron chi connectivity index (χ4n) is 6.49. The summed E-state index contributed by atoms with van der Waals surface area (Å²) in [4.78, 5) is 11.4. The number of hydrogen-bond donors (Lipinski definition) is 2. The molecular formula is C21H31NO3. The van der Waals surface area contributed by atoms with E-state index in [2.05, 4.69) is 38.2 Å². The van der Waals surface area contributed by atoms with Crippen molar-refractivity contribution in [2.75, 3.05) is 6.61 Å². The monoisotopic (exact) mass is 345 g/mol. The van der Waals surface area contributed by atoms with Crippen LogP contribution in [0.15, 0.2) is 24.3 Å². The van der Waals surface area contributed by atoms with E-state index in [0.717, 1.165) is 12.8 Å². The molecule has 0 aromatic heterocycles. The van der Waals surface area contributed by atoms with Gasteiger partial charge in [-0.2, -0.15) is 0 Å². The quantitative estimate of drug-likeness (QED) is 0.596. The number of carbonyl (C=O) groups excluding carboxylic acids is 1. The van der Waals surface area contributed by atoms with Crippen LogP contribution >= 0.6 is 0 Å². The van der Waals surface area contributed by atoms with Gasteiger partial charge in [-0.3, -0.25) is 0 Å². The molecule has 0 aliphatic heterocycles. The summed E-state index contributed by atoms with van der Waals surface area (Å²) in [6, 6.07) is 0.349. The molecule has 0 bridgehead atoms. The lowest BCUT2D eigenvalue weighted by atomic mass is 9.48. The fourth-order valence-corrected chi connectivity index (χ4v) is 6.49. The minimum absolute atomic E-state index is 0.134. The van der Waals surface area contributed by atoms with E-state index in [0.29, 0.717) is 35.1 Å². The smallest absolute Gasteiger partial charge is 0.332 e. The molecule has 0 aromatic carbocycles. The molecular weight excluding hydrogens is 314 g/mol. The molecule has 0 saturated heterocycles. The summed E-state index contributed by atoms with van der Waals surface area (Å²) in [6.07, 6.45) is 14.7. The highest BCUT2D eigenvalue weighted by Gasteiger charge is 2.57. The Hall–Kier alpha value is -1.13. The van der Waals surface area contributed by atoms with Gasteiger partial charge in [0.15, 0.2) is 0 Å². The number of aliphatic hydroxyl groups excluding tert-OH is 1. The van der Waals surface area contributed by atoms with Gasteiger partial charge in [-0.1, -0.05) is 32.1 Å². The predicted octanol–water partition coefficient (Wildman–Crippen LogP) is 2.81. The molecule has 4 aliphatic carbocycles. The zero-order valence-electron chi connectivity index (χ0n) is 15.4. The average molecular weight is 345 g/mol. The molecule has 138 valence electrons. The van der Waals surface area contributed by atoms with Gasteiger partial charge in [-0.15, -0.1) is 0 Å². The number of rotatable bonds is 2. The highest BCUT2D eigenvalue weighted by Crippen LogP contribution is 2.63. The molecule has 4 rings (SSSR count). The van der Waals surface area contributed by atoms with Crippen molar-refractivity contribution >= 4 is 5.97 Å². The van der Waals surface area contributed by atoms with Crippen LogP contribution in [-0.2, 0) is 9.53 Å². The van der Waals surface area contributed by atoms with Gasteiger partial charge < -0.3 is 15.6 Å². The second-order valence-corrected chi connectivity index (χ2v) is 9.16. The molecule has 4 aliphatic rings. The summed E-state index contributed by atoms with van der Waals surface area (Å²) in [5.74, 6) is 1.83. The van der Waals surface area contributed by atoms with Gasteiger partial charge in [0.1, 0.15) is 12.7 Å². The molecule has 4 heteroatoms. The summed E-state index contributed by atoms with van der Waals surface area (Å²) in [7, 11) is 0. The molecule has 0 spiro atoms. The van der Waals surface area contributed by atoms with Crippen molar-refractivity contribution in [3.8, 4) is 0 Å². The maximum atomic E-state index is 11.4. The van der Waals surface area contributed by atoms with E-state index in [4.69, 9.17) is 15.6 Å². The molecule has 0 aromatic rings. The standard InChI is InChI=1S/C21H31NO3/c1-20-9-7-14(25-19(24)12-23)11-13(20)3-4-15-16-5-6-18(22)21(16,2)10-8-17(15)20/h3-4,7,9,13-18,23H,5-6,8,10-12,22H2,1-2H3/t13?,14?,15-,16-,17+,18?,20-,21-/m0/s1. The fraction of sp³-hybridized carbons (Fsp3) is 0.762. The molecule has 3 N–H and O–H groups in total. The first-order chi connectivity index (χ1) is 11.9. The Balaban J connectivity index is 1.58. The van der Waals surface area contributed by atoms with Gasteiger partial charge >= 0.3 is 5.97 Å². The zero-order chi connectivity index (χ0) is 17.8. The van der Waals surface area contributed by atoms with Crippen LogP contribution in [-0.4, -0.2) is 29.8 Å². The van der Waals surface area contributed by atoms with Crippen molar-refractivity contribution in [3.05, 3.63) is 24.3 Å². The number of fused-ring (bicyclic) bond motifs is 5. The van der Waals surface area contributed by atoms with Gasteiger partial charge in [0.05, 0.1) is 0 Å². The van der Waals surface area contributed by atoms with Crippen LogP contribution in [0, 0.1) is 34.5 Å². The number of esters is 1. The summed E-state index contributed by atoms with van der Waals surface area (Å²) < 4.78 is 5.34. The summed E-state index contributed by atoms with van der Waals surface area (Å²) >= 11 is 0. The number of allylic oxidation sites excluding steroid dienone is 3. The van der Waals surface area contributed by atoms with E-state index in [1.165, 1.54) is 19.3 Å². The minimum Gasteiger partial charge on any atom is -0.456 e. The number of hydrogen-bond acceptors (Lipinski definition) is 4. The van der Waals surface area contributed by atoms with E-state index in [1.54, 1.807) is 0 Å². The topological polar surface area (TPSA) is 72.5 Å². The normalized spacial score (nSPS) is 50.7. The molecule has 3 unspecified atom stereocenters. The van der Waals surface area contributed by atoms with Gasteiger partial charge in [0.25, 0.3) is 0 Å². The summed E-state index contributed by atoms with van der Waals surface area (Å²) in [5.41, 5.74) is 6.91. The Labute approximate surface area is 150 Å². The number of nitrogens with two attached hydrogens (primary N) is 1. The maximum Gasteiger partial charge on any atom is 0.332 e. The Morgan fingerprint density at radius 2 is 2.00 bits per heavy atom. The SMILES string of the molecule is C[C@]12C=CC(OC(=O)CO)CC1C=C[C@@H]1[C@H]2CC[C@]2(C)C(N)CC[C@@H]12. The molecule has 2 saturated carbocycles. The lowest BCUT2D eigenvalue weighted by Crippen LogP contribution is -2.52. The van der Waals surface area contributed by atoms with Gasteiger partial charge in [0.2, 0.25) is 0 Å². The van der Waals surface area contributed by atoms with Crippen LogP contribution in [0.4, 0.5) is 0 Å². The molecule has 2 fully saturated rings. The van der Waals surface area contributed by atoms with Crippen LogP contribution in [0.2, 0.25) is 0 Å². The Bertz CT molecular complexity index is 614. The van der Waals surface area contributed by atoms with Crippen molar-refractivity contribution in [2.45, 2.75) is 58.1 Å². The first-order valence-electron chi connectivity index (χ1n) is 9.82. The Kier molecular flexibility index (Phi) is 4.12. The second kappa shape index (κ2) is 5.95. The molecule has 4 nitrogen and oxygen atoms in total. The van der Waals surface area contributed by atoms with E-state index in [1.807, 2.05) is 0 Å². The first kappa shape index (κ1) is 17.3. The average Bonchev–Trinajstić information content (AvgIpc) is 2.90. The molecule has 0 radical (unpaired) electrons.